The molecule has 0 heterocycles. The number of benzene rings is 2. The van der Waals surface area contributed by atoms with E-state index in [0.29, 0.717) is 6.42 Å². The third-order valence-electron chi connectivity index (χ3n) is 3.15. The van der Waals surface area contributed by atoms with Gasteiger partial charge in [0.25, 0.3) is 0 Å². The predicted molar refractivity (Wildman–Crippen MR) is 86.9 cm³/mol. The number of hydrogen-bond donors (Lipinski definition) is 1. The van der Waals surface area contributed by atoms with Gasteiger partial charge in [-0.05, 0) is 42.3 Å². The van der Waals surface area contributed by atoms with Gasteiger partial charge in [0.05, 0.1) is 12.5 Å². The van der Waals surface area contributed by atoms with E-state index in [1.807, 2.05) is 55.5 Å². The minimum atomic E-state index is -0.208. The molecule has 2 atom stereocenters. The fraction of sp³-hybridized carbons (Fsp3) is 0.235. The van der Waals surface area contributed by atoms with Gasteiger partial charge >= 0.3 is 0 Å². The molecule has 0 aliphatic carbocycles. The summed E-state index contributed by atoms with van der Waals surface area (Å²) in [5, 5.41) is 8.68. The molecule has 0 aliphatic rings. The molecule has 0 aromatic heterocycles. The molecule has 21 heavy (non-hydrogen) atoms. The Kier molecular flexibility index (Phi) is 5.38. The van der Waals surface area contributed by atoms with Crippen LogP contribution in [0.25, 0.3) is 0 Å². The van der Waals surface area contributed by atoms with Crippen LogP contribution < -0.4 is 10.5 Å². The predicted octanol–water partition coefficient (Wildman–Crippen LogP) is 3.98. The van der Waals surface area contributed by atoms with Crippen molar-refractivity contribution in [1.29, 1.82) is 5.26 Å². The van der Waals surface area contributed by atoms with E-state index in [2.05, 4.69) is 22.0 Å². The van der Waals surface area contributed by atoms with Crippen molar-refractivity contribution in [3.8, 4) is 11.8 Å². The molecule has 4 heteroatoms. The Morgan fingerprint density at radius 2 is 1.76 bits per heavy atom. The van der Waals surface area contributed by atoms with E-state index in [4.69, 9.17) is 15.7 Å². The van der Waals surface area contributed by atoms with E-state index < -0.39 is 0 Å². The van der Waals surface area contributed by atoms with Crippen molar-refractivity contribution in [2.45, 2.75) is 25.5 Å². The molecule has 3 nitrogen and oxygen atoms in total. The number of nitriles is 1. The second-order valence-corrected chi connectivity index (χ2v) is 5.84. The quantitative estimate of drug-likeness (QED) is 0.892. The highest BCUT2D eigenvalue weighted by molar-refractivity contribution is 9.10. The van der Waals surface area contributed by atoms with Crippen molar-refractivity contribution >= 4 is 15.9 Å². The number of nitrogens with zero attached hydrogens (tertiary/aromatic N) is 1. The Bertz CT molecular complexity index is 615. The Labute approximate surface area is 133 Å². The van der Waals surface area contributed by atoms with Crippen LogP contribution in [-0.4, -0.2) is 6.04 Å². The maximum absolute atomic E-state index is 8.68. The van der Waals surface area contributed by atoms with Gasteiger partial charge in [-0.15, -0.1) is 0 Å². The lowest BCUT2D eigenvalue weighted by molar-refractivity contribution is 0.180. The number of nitrogens with two attached hydrogens (primary N) is 1. The maximum Gasteiger partial charge on any atom is 0.138 e. The van der Waals surface area contributed by atoms with Gasteiger partial charge in [-0.3, -0.25) is 0 Å². The van der Waals surface area contributed by atoms with E-state index in [0.717, 1.165) is 21.3 Å². The van der Waals surface area contributed by atoms with Crippen LogP contribution in [0.5, 0.6) is 5.75 Å². The van der Waals surface area contributed by atoms with Crippen molar-refractivity contribution in [3.63, 3.8) is 0 Å². The van der Waals surface area contributed by atoms with Gasteiger partial charge < -0.3 is 10.5 Å². The largest absolute Gasteiger partial charge is 0.484 e. The highest BCUT2D eigenvalue weighted by atomic mass is 79.9. The second-order valence-electron chi connectivity index (χ2n) is 4.93. The zero-order valence-electron chi connectivity index (χ0n) is 11.8. The molecule has 2 N–H and O–H groups in total. The summed E-state index contributed by atoms with van der Waals surface area (Å²) in [6.07, 6.45) is 0.198. The summed E-state index contributed by atoms with van der Waals surface area (Å²) in [5.74, 6) is 0.752. The first-order valence-corrected chi connectivity index (χ1v) is 7.53. The minimum Gasteiger partial charge on any atom is -0.484 e. The monoisotopic (exact) mass is 344 g/mol. The van der Waals surface area contributed by atoms with Crippen LogP contribution in [0.3, 0.4) is 0 Å². The van der Waals surface area contributed by atoms with Gasteiger partial charge in [-0.25, -0.2) is 0 Å². The van der Waals surface area contributed by atoms with Crippen molar-refractivity contribution in [2.24, 2.45) is 5.73 Å². The molecule has 0 fully saturated rings. The lowest BCUT2D eigenvalue weighted by Crippen LogP contribution is -2.29. The topological polar surface area (TPSA) is 59.0 Å². The van der Waals surface area contributed by atoms with Crippen LogP contribution in [0.2, 0.25) is 0 Å². The summed E-state index contributed by atoms with van der Waals surface area (Å²) in [6.45, 7) is 1.93. The first-order valence-electron chi connectivity index (χ1n) is 6.73. The minimum absolute atomic E-state index is 0.134. The summed E-state index contributed by atoms with van der Waals surface area (Å²) in [7, 11) is 0. The van der Waals surface area contributed by atoms with Gasteiger partial charge in [0.2, 0.25) is 0 Å². The van der Waals surface area contributed by atoms with Gasteiger partial charge in [0.1, 0.15) is 11.9 Å². The van der Waals surface area contributed by atoms with Gasteiger partial charge in [0.15, 0.2) is 0 Å². The van der Waals surface area contributed by atoms with Crippen molar-refractivity contribution < 1.29 is 4.74 Å². The van der Waals surface area contributed by atoms with Crippen molar-refractivity contribution in [1.82, 2.24) is 0 Å². The Morgan fingerprint density at radius 1 is 1.14 bits per heavy atom. The van der Waals surface area contributed by atoms with Crippen LogP contribution in [0, 0.1) is 11.3 Å². The van der Waals surface area contributed by atoms with Crippen LogP contribution >= 0.6 is 15.9 Å². The third-order valence-corrected chi connectivity index (χ3v) is 3.67. The molecule has 0 bridgehead atoms. The first-order chi connectivity index (χ1) is 10.1. The molecule has 2 unspecified atom stereocenters. The van der Waals surface area contributed by atoms with Crippen LogP contribution in [-0.2, 0) is 6.42 Å². The summed E-state index contributed by atoms with van der Waals surface area (Å²) in [5.41, 5.74) is 8.07. The Hall–Kier alpha value is -1.83. The molecule has 0 amide bonds. The first kappa shape index (κ1) is 15.6. The lowest BCUT2D eigenvalue weighted by Gasteiger charge is -2.23. The highest BCUT2D eigenvalue weighted by Crippen LogP contribution is 2.25. The second kappa shape index (κ2) is 7.26. The molecule has 2 aromatic carbocycles. The van der Waals surface area contributed by atoms with E-state index in [1.165, 1.54) is 0 Å². The van der Waals surface area contributed by atoms with Gasteiger partial charge in [-0.2, -0.15) is 5.26 Å². The standard InChI is InChI=1S/C17H17BrN2O/c1-12(20)17(14-4-6-15(18)7-5-14)21-16-8-2-13(3-9-16)10-11-19/h2-9,12,17H,10,20H2,1H3. The van der Waals surface area contributed by atoms with E-state index in [-0.39, 0.29) is 12.1 Å². The average Bonchev–Trinajstić information content (AvgIpc) is 2.47. The fourth-order valence-corrected chi connectivity index (χ4v) is 2.32. The molecule has 2 aromatic rings. The molecular formula is C17H17BrN2O. The smallest absolute Gasteiger partial charge is 0.138 e. The number of rotatable bonds is 5. The Morgan fingerprint density at radius 3 is 2.29 bits per heavy atom. The van der Waals surface area contributed by atoms with Crippen molar-refractivity contribution in [2.75, 3.05) is 0 Å². The van der Waals surface area contributed by atoms with Gasteiger partial charge in [0, 0.05) is 10.5 Å². The van der Waals surface area contributed by atoms with Gasteiger partial charge in [-0.1, -0.05) is 40.2 Å². The third kappa shape index (κ3) is 4.32. The number of hydrogen-bond acceptors (Lipinski definition) is 3. The maximum atomic E-state index is 8.68. The van der Waals surface area contributed by atoms with Crippen LogP contribution in [0.4, 0.5) is 0 Å². The molecule has 0 spiro atoms. The molecule has 0 saturated carbocycles. The molecule has 2 rings (SSSR count). The normalized spacial score (nSPS) is 13.2. The highest BCUT2D eigenvalue weighted by Gasteiger charge is 2.18. The lowest BCUT2D eigenvalue weighted by atomic mass is 10.0. The molecule has 0 radical (unpaired) electrons. The zero-order valence-corrected chi connectivity index (χ0v) is 13.4. The Balaban J connectivity index is 2.16. The molecule has 0 saturated heterocycles. The SMILES string of the molecule is CC(N)C(Oc1ccc(CC#N)cc1)c1ccc(Br)cc1. The van der Waals surface area contributed by atoms with E-state index in [9.17, 15) is 0 Å². The fourth-order valence-electron chi connectivity index (χ4n) is 2.06. The number of halogens is 1. The summed E-state index contributed by atoms with van der Waals surface area (Å²) >= 11 is 3.42. The summed E-state index contributed by atoms with van der Waals surface area (Å²) < 4.78 is 7.04. The molecule has 0 aliphatic heterocycles. The van der Waals surface area contributed by atoms with E-state index in [1.54, 1.807) is 0 Å². The van der Waals surface area contributed by atoms with Crippen molar-refractivity contribution in [3.05, 3.63) is 64.1 Å². The summed E-state index contributed by atoms with van der Waals surface area (Å²) in [6, 6.07) is 17.5. The van der Waals surface area contributed by atoms with Crippen LogP contribution in [0.15, 0.2) is 53.0 Å². The number of ether oxygens (including phenoxy) is 1. The van der Waals surface area contributed by atoms with E-state index >= 15 is 0 Å². The zero-order chi connectivity index (χ0) is 15.2. The average molecular weight is 345 g/mol. The van der Waals surface area contributed by atoms with Crippen LogP contribution in [0.1, 0.15) is 24.2 Å². The molecular weight excluding hydrogens is 328 g/mol. The summed E-state index contributed by atoms with van der Waals surface area (Å²) in [4.78, 5) is 0. The molecule has 108 valence electrons.